The molecule has 1 unspecified atom stereocenters. The number of carbonyl (C=O) groups excluding carboxylic acids is 1. The van der Waals surface area contributed by atoms with Crippen LogP contribution in [0, 0.1) is 6.92 Å². The summed E-state index contributed by atoms with van der Waals surface area (Å²) < 4.78 is 15.7. The van der Waals surface area contributed by atoms with Crippen molar-refractivity contribution in [1.82, 2.24) is 4.90 Å². The fraction of sp³-hybridized carbons (Fsp3) is 0.333. The van der Waals surface area contributed by atoms with Crippen LogP contribution in [0.15, 0.2) is 44.2 Å². The molecule has 3 rings (SSSR count). The van der Waals surface area contributed by atoms with Crippen LogP contribution in [0.25, 0.3) is 0 Å². The van der Waals surface area contributed by atoms with Gasteiger partial charge in [-0.05, 0) is 19.1 Å². The van der Waals surface area contributed by atoms with Gasteiger partial charge in [0.1, 0.15) is 17.6 Å². The van der Waals surface area contributed by atoms with Crippen molar-refractivity contribution in [3.05, 3.63) is 52.5 Å². The lowest BCUT2D eigenvalue weighted by molar-refractivity contribution is 0.0741. The summed E-state index contributed by atoms with van der Waals surface area (Å²) in [5, 5.41) is 0. The highest BCUT2D eigenvalue weighted by atomic mass is 16.5. The molecule has 2 aromatic rings. The van der Waals surface area contributed by atoms with E-state index in [0.717, 1.165) is 0 Å². The van der Waals surface area contributed by atoms with E-state index in [2.05, 4.69) is 0 Å². The number of rotatable bonds is 3. The zero-order chi connectivity index (χ0) is 14.8. The maximum absolute atomic E-state index is 12.1. The first kappa shape index (κ1) is 13.5. The Bertz CT molecular complexity index is 688. The average Bonchev–Trinajstić information content (AvgIpc) is 3.07. The number of furan rings is 1. The van der Waals surface area contributed by atoms with Crippen molar-refractivity contribution in [1.29, 1.82) is 0 Å². The van der Waals surface area contributed by atoms with Crippen molar-refractivity contribution in [3.63, 3.8) is 0 Å². The topological polar surface area (TPSA) is 72.9 Å². The molecular weight excluding hydrogens is 274 g/mol. The number of likely N-dealkylation sites (tertiary alicyclic amines) is 1. The quantitative estimate of drug-likeness (QED) is 0.862. The molecule has 21 heavy (non-hydrogen) atoms. The van der Waals surface area contributed by atoms with E-state index in [9.17, 15) is 9.59 Å². The van der Waals surface area contributed by atoms with Crippen LogP contribution in [0.2, 0.25) is 0 Å². The number of amides is 1. The van der Waals surface area contributed by atoms with Crippen LogP contribution in [0.1, 0.15) is 22.7 Å². The summed E-state index contributed by atoms with van der Waals surface area (Å²) in [4.78, 5) is 25.1. The third-order valence-electron chi connectivity index (χ3n) is 3.33. The largest absolute Gasteiger partial charge is 0.488 e. The van der Waals surface area contributed by atoms with E-state index in [0.29, 0.717) is 36.8 Å². The summed E-state index contributed by atoms with van der Waals surface area (Å²) in [6, 6.07) is 6.30. The molecule has 1 saturated heterocycles. The van der Waals surface area contributed by atoms with Gasteiger partial charge in [0.05, 0.1) is 18.9 Å². The SMILES string of the molecule is Cc1cc(OC2CCN(C(=O)c3ccco3)C2)cc(=O)o1. The van der Waals surface area contributed by atoms with E-state index in [1.54, 1.807) is 30.0 Å². The number of hydrogen-bond donors (Lipinski definition) is 0. The van der Waals surface area contributed by atoms with Crippen LogP contribution in [0.4, 0.5) is 0 Å². The van der Waals surface area contributed by atoms with Gasteiger partial charge in [-0.15, -0.1) is 0 Å². The lowest BCUT2D eigenvalue weighted by atomic mass is 10.3. The van der Waals surface area contributed by atoms with E-state index in [-0.39, 0.29) is 12.0 Å². The first-order chi connectivity index (χ1) is 10.1. The number of ether oxygens (including phenoxy) is 1. The molecular formula is C15H15NO5. The number of aryl methyl sites for hydroxylation is 1. The zero-order valence-corrected chi connectivity index (χ0v) is 11.6. The number of hydrogen-bond acceptors (Lipinski definition) is 5. The summed E-state index contributed by atoms with van der Waals surface area (Å²) in [5.74, 6) is 1.15. The molecule has 0 aromatic carbocycles. The van der Waals surface area contributed by atoms with Gasteiger partial charge in [0, 0.05) is 19.0 Å². The lowest BCUT2D eigenvalue weighted by Gasteiger charge is -2.16. The highest BCUT2D eigenvalue weighted by molar-refractivity contribution is 5.91. The van der Waals surface area contributed by atoms with Gasteiger partial charge in [-0.25, -0.2) is 4.79 Å². The van der Waals surface area contributed by atoms with Crippen LogP contribution in [0.3, 0.4) is 0 Å². The molecule has 1 fully saturated rings. The average molecular weight is 289 g/mol. The van der Waals surface area contributed by atoms with Crippen LogP contribution in [-0.4, -0.2) is 30.0 Å². The second-order valence-corrected chi connectivity index (χ2v) is 4.98. The molecule has 0 aliphatic carbocycles. The first-order valence-corrected chi connectivity index (χ1v) is 6.73. The minimum absolute atomic E-state index is 0.134. The molecule has 1 amide bonds. The zero-order valence-electron chi connectivity index (χ0n) is 11.6. The second kappa shape index (κ2) is 5.47. The van der Waals surface area contributed by atoms with Crippen LogP contribution in [0.5, 0.6) is 5.75 Å². The molecule has 6 nitrogen and oxygen atoms in total. The highest BCUT2D eigenvalue weighted by Crippen LogP contribution is 2.19. The molecule has 1 atom stereocenters. The minimum Gasteiger partial charge on any atom is -0.488 e. The molecule has 2 aromatic heterocycles. The Balaban J connectivity index is 1.64. The van der Waals surface area contributed by atoms with Crippen LogP contribution in [-0.2, 0) is 0 Å². The molecule has 1 aliphatic heterocycles. The van der Waals surface area contributed by atoms with Gasteiger partial charge >= 0.3 is 5.63 Å². The minimum atomic E-state index is -0.438. The molecule has 0 radical (unpaired) electrons. The molecule has 0 saturated carbocycles. The fourth-order valence-electron chi connectivity index (χ4n) is 2.40. The Hall–Kier alpha value is -2.50. The summed E-state index contributed by atoms with van der Waals surface area (Å²) in [6.07, 6.45) is 2.06. The lowest BCUT2D eigenvalue weighted by Crippen LogP contribution is -2.30. The smallest absolute Gasteiger partial charge is 0.339 e. The van der Waals surface area contributed by atoms with Crippen molar-refractivity contribution in [2.75, 3.05) is 13.1 Å². The monoisotopic (exact) mass is 289 g/mol. The highest BCUT2D eigenvalue weighted by Gasteiger charge is 2.29. The van der Waals surface area contributed by atoms with Crippen molar-refractivity contribution in [2.24, 2.45) is 0 Å². The van der Waals surface area contributed by atoms with E-state index in [1.807, 2.05) is 0 Å². The van der Waals surface area contributed by atoms with Crippen molar-refractivity contribution in [2.45, 2.75) is 19.4 Å². The summed E-state index contributed by atoms with van der Waals surface area (Å²) in [7, 11) is 0. The second-order valence-electron chi connectivity index (χ2n) is 4.98. The predicted octanol–water partition coefficient (Wildman–Crippen LogP) is 1.83. The van der Waals surface area contributed by atoms with Crippen molar-refractivity contribution < 1.29 is 18.4 Å². The predicted molar refractivity (Wildman–Crippen MR) is 73.4 cm³/mol. The van der Waals surface area contributed by atoms with Gasteiger partial charge in [0.25, 0.3) is 5.91 Å². The maximum Gasteiger partial charge on any atom is 0.339 e. The Morgan fingerprint density at radius 1 is 1.43 bits per heavy atom. The van der Waals surface area contributed by atoms with Gasteiger partial charge < -0.3 is 18.5 Å². The molecule has 0 spiro atoms. The molecule has 1 aliphatic rings. The first-order valence-electron chi connectivity index (χ1n) is 6.73. The van der Waals surface area contributed by atoms with Crippen LogP contribution >= 0.6 is 0 Å². The van der Waals surface area contributed by atoms with E-state index in [1.165, 1.54) is 12.3 Å². The van der Waals surface area contributed by atoms with Gasteiger partial charge in [0.15, 0.2) is 5.76 Å². The summed E-state index contributed by atoms with van der Waals surface area (Å²) in [6.45, 7) is 2.76. The Morgan fingerprint density at radius 2 is 2.29 bits per heavy atom. The van der Waals surface area contributed by atoms with Gasteiger partial charge in [-0.1, -0.05) is 0 Å². The van der Waals surface area contributed by atoms with E-state index >= 15 is 0 Å². The van der Waals surface area contributed by atoms with E-state index in [4.69, 9.17) is 13.6 Å². The molecule has 110 valence electrons. The van der Waals surface area contributed by atoms with Gasteiger partial charge in [-0.2, -0.15) is 0 Å². The van der Waals surface area contributed by atoms with Crippen LogP contribution < -0.4 is 10.4 Å². The summed E-state index contributed by atoms with van der Waals surface area (Å²) >= 11 is 0. The standard InChI is InChI=1S/C15H15NO5/c1-10-7-12(8-14(17)20-10)21-11-4-5-16(9-11)15(18)13-3-2-6-19-13/h2-3,6-8,11H,4-5,9H2,1H3. The Labute approximate surface area is 120 Å². The molecule has 6 heteroatoms. The number of nitrogens with zero attached hydrogens (tertiary/aromatic N) is 1. The molecule has 0 N–H and O–H groups in total. The maximum atomic E-state index is 12.1. The normalized spacial score (nSPS) is 18.0. The molecule has 3 heterocycles. The van der Waals surface area contributed by atoms with E-state index < -0.39 is 5.63 Å². The van der Waals surface area contributed by atoms with Crippen molar-refractivity contribution >= 4 is 5.91 Å². The molecule has 0 bridgehead atoms. The number of carbonyl (C=O) groups is 1. The van der Waals surface area contributed by atoms with Crippen molar-refractivity contribution in [3.8, 4) is 5.75 Å². The third kappa shape index (κ3) is 2.99. The summed E-state index contributed by atoms with van der Waals surface area (Å²) in [5.41, 5.74) is -0.438. The Kier molecular flexibility index (Phi) is 3.51. The van der Waals surface area contributed by atoms with Gasteiger partial charge in [0.2, 0.25) is 0 Å². The third-order valence-corrected chi connectivity index (χ3v) is 3.33. The Morgan fingerprint density at radius 3 is 3.00 bits per heavy atom. The van der Waals surface area contributed by atoms with Gasteiger partial charge in [-0.3, -0.25) is 4.79 Å². The fourth-order valence-corrected chi connectivity index (χ4v) is 2.40.